The van der Waals surface area contributed by atoms with Crippen molar-refractivity contribution in [1.82, 2.24) is 9.55 Å². The topological polar surface area (TPSA) is 220 Å². The van der Waals surface area contributed by atoms with Crippen LogP contribution in [0.4, 0.5) is 4.39 Å². The van der Waals surface area contributed by atoms with Crippen molar-refractivity contribution >= 4 is 41.6 Å². The van der Waals surface area contributed by atoms with Crippen LogP contribution in [-0.4, -0.2) is 111 Å². The highest BCUT2D eigenvalue weighted by molar-refractivity contribution is 8.14. The van der Waals surface area contributed by atoms with Crippen molar-refractivity contribution in [2.24, 2.45) is 10.8 Å². The molecule has 0 bridgehead atoms. The Balaban J connectivity index is 1.66. The zero-order valence-corrected chi connectivity index (χ0v) is 31.5. The van der Waals surface area contributed by atoms with Crippen LogP contribution in [0.15, 0.2) is 21.9 Å². The largest absolute Gasteiger partial charge is 0.475 e. The molecule has 21 heteroatoms. The average molecular weight is 777 g/mol. The molecule has 2 saturated heterocycles. The summed E-state index contributed by atoms with van der Waals surface area (Å²) in [4.78, 5) is 50.3. The first-order valence-corrected chi connectivity index (χ1v) is 19.0. The second-order valence-corrected chi connectivity index (χ2v) is 17.3. The summed E-state index contributed by atoms with van der Waals surface area (Å²) in [5, 5.41) is 20.1. The van der Waals surface area contributed by atoms with E-state index in [1.807, 2.05) is 4.98 Å². The Hall–Kier alpha value is -1.52. The van der Waals surface area contributed by atoms with Gasteiger partial charge in [-0.1, -0.05) is 65.1 Å². The third-order valence-corrected chi connectivity index (χ3v) is 10.9. The van der Waals surface area contributed by atoms with Crippen LogP contribution in [0.25, 0.3) is 0 Å². The van der Waals surface area contributed by atoms with Crippen molar-refractivity contribution < 1.29 is 66.0 Å². The lowest BCUT2D eigenvalue weighted by Crippen LogP contribution is -2.48. The Morgan fingerprint density at radius 2 is 1.44 bits per heavy atom. The average Bonchev–Trinajstić information content (AvgIpc) is 3.37. The number of nitrogens with zero attached hydrogens (tertiary/aromatic N) is 1. The van der Waals surface area contributed by atoms with Crippen LogP contribution in [0, 0.1) is 10.8 Å². The van der Waals surface area contributed by atoms with E-state index in [0.29, 0.717) is 11.5 Å². The molecule has 50 heavy (non-hydrogen) atoms. The van der Waals surface area contributed by atoms with Crippen molar-refractivity contribution in [2.45, 2.75) is 78.4 Å². The number of aliphatic hydroxyl groups is 2. The first-order chi connectivity index (χ1) is 23.0. The Kier molecular flexibility index (Phi) is 14.7. The van der Waals surface area contributed by atoms with Crippen LogP contribution in [0.1, 0.15) is 54.7 Å². The molecule has 1 aromatic heterocycles. The predicted molar refractivity (Wildman–Crippen MR) is 178 cm³/mol. The van der Waals surface area contributed by atoms with Crippen LogP contribution in [-0.2, 0) is 51.4 Å². The SMILES string of the molecule is CC(C)(C)C(=O)SCCOCCOP(=O)(OCCOCCSC(=O)C(C)(C)C)OC[C@@]1(F)O[C@@H](n2ccc(=O)[nH]c2=O)[C@]2(C)OC(O)(O)O[C@@H]21. The van der Waals surface area contributed by atoms with E-state index >= 15 is 4.39 Å². The normalized spacial score (nSPS) is 25.2. The van der Waals surface area contributed by atoms with Crippen LogP contribution >= 0.6 is 31.3 Å². The minimum atomic E-state index is -4.64. The van der Waals surface area contributed by atoms with Gasteiger partial charge in [0, 0.05) is 34.6 Å². The van der Waals surface area contributed by atoms with Gasteiger partial charge >= 0.3 is 19.7 Å². The van der Waals surface area contributed by atoms with Gasteiger partial charge in [0.05, 0.1) is 39.6 Å². The number of phosphoric acid groups is 1. The number of thioether (sulfide) groups is 2. The van der Waals surface area contributed by atoms with Gasteiger partial charge in [-0.15, -0.1) is 0 Å². The Bertz CT molecular complexity index is 1450. The number of carbonyl (C=O) groups excluding carboxylic acids is 2. The summed E-state index contributed by atoms with van der Waals surface area (Å²) in [6.07, 6.45) is -6.08. The molecule has 3 heterocycles. The monoisotopic (exact) mass is 776 g/mol. The number of hydrogen-bond acceptors (Lipinski definition) is 17. The number of aromatic nitrogens is 2. The molecule has 0 spiro atoms. The number of fused-ring (bicyclic) bond motifs is 1. The summed E-state index contributed by atoms with van der Waals surface area (Å²) < 4.78 is 73.5. The summed E-state index contributed by atoms with van der Waals surface area (Å²) in [6, 6.07) is 0.946. The highest BCUT2D eigenvalue weighted by Crippen LogP contribution is 2.57. The smallest absolute Gasteiger partial charge is 0.378 e. The molecule has 0 radical (unpaired) electrons. The number of phosphoric ester groups is 1. The van der Waals surface area contributed by atoms with Gasteiger partial charge in [0.15, 0.2) is 28.2 Å². The number of alkyl halides is 1. The number of ether oxygens (including phenoxy) is 5. The third kappa shape index (κ3) is 11.7. The number of rotatable bonds is 18. The van der Waals surface area contributed by atoms with E-state index in [4.69, 9.17) is 37.3 Å². The fourth-order valence-electron chi connectivity index (χ4n) is 4.47. The fourth-order valence-corrected chi connectivity index (χ4v) is 7.26. The maximum atomic E-state index is 16.6. The summed E-state index contributed by atoms with van der Waals surface area (Å²) in [6.45, 7) is 10.1. The molecule has 0 aromatic carbocycles. The molecule has 0 aliphatic carbocycles. The second-order valence-electron chi connectivity index (χ2n) is 13.5. The van der Waals surface area contributed by atoms with E-state index in [-0.39, 0.29) is 49.9 Å². The second kappa shape index (κ2) is 17.1. The Morgan fingerprint density at radius 3 is 1.92 bits per heavy atom. The molecule has 0 saturated carbocycles. The van der Waals surface area contributed by atoms with Crippen molar-refractivity contribution in [2.75, 3.05) is 57.8 Å². The summed E-state index contributed by atoms with van der Waals surface area (Å²) in [5.74, 6) is -2.44. The van der Waals surface area contributed by atoms with Gasteiger partial charge in [-0.2, -0.15) is 0 Å². The van der Waals surface area contributed by atoms with Crippen LogP contribution in [0.3, 0.4) is 0 Å². The van der Waals surface area contributed by atoms with Crippen LogP contribution < -0.4 is 11.2 Å². The quantitative estimate of drug-likeness (QED) is 0.111. The van der Waals surface area contributed by atoms with E-state index in [9.17, 15) is 34.0 Å². The van der Waals surface area contributed by atoms with E-state index in [2.05, 4.69) is 0 Å². The molecule has 2 aliphatic rings. The van der Waals surface area contributed by atoms with Crippen molar-refractivity contribution in [1.29, 1.82) is 0 Å². The number of halogens is 1. The lowest BCUT2D eigenvalue weighted by molar-refractivity contribution is -0.460. The lowest BCUT2D eigenvalue weighted by Gasteiger charge is -2.28. The van der Waals surface area contributed by atoms with Gasteiger partial charge in [0.25, 0.3) is 11.4 Å². The van der Waals surface area contributed by atoms with Gasteiger partial charge in [-0.3, -0.25) is 47.0 Å². The maximum absolute atomic E-state index is 16.6. The van der Waals surface area contributed by atoms with Gasteiger partial charge in [0.2, 0.25) is 0 Å². The molecular formula is C29H46FN2O15PS2. The lowest BCUT2D eigenvalue weighted by atomic mass is 9.95. The minimum Gasteiger partial charge on any atom is -0.378 e. The van der Waals surface area contributed by atoms with E-state index in [0.717, 1.165) is 47.3 Å². The zero-order valence-electron chi connectivity index (χ0n) is 29.0. The maximum Gasteiger partial charge on any atom is 0.475 e. The number of hydrogen-bond donors (Lipinski definition) is 3. The molecule has 2 fully saturated rings. The first kappa shape index (κ1) is 42.9. The van der Waals surface area contributed by atoms with Crippen molar-refractivity contribution in [3.63, 3.8) is 0 Å². The number of nitrogens with one attached hydrogen (secondary N) is 1. The molecule has 17 nitrogen and oxygen atoms in total. The Labute approximate surface area is 296 Å². The molecule has 0 amide bonds. The van der Waals surface area contributed by atoms with Crippen molar-refractivity contribution in [3.8, 4) is 0 Å². The third-order valence-electron chi connectivity index (χ3n) is 6.96. The molecule has 3 rings (SSSR count). The standard InChI is InChI=1S/C29H46FN2O15PS2/c1-25(2,3)22(34)49-16-14-40-10-12-42-48(39,43-13-11-41-15-17-50-23(35)26(4,5)6)44-18-28(30)20-27(7,47-29(37,38)45-20)21(46-28)32-9-8-19(33)31-24(32)36/h8-9,20-21,37-38H,10-18H2,1-7H3,(H,31,33,36)/t20-,21+,27+,28+/m0/s1. The molecule has 1 aromatic rings. The number of carbonyl (C=O) groups is 2. The van der Waals surface area contributed by atoms with Crippen LogP contribution in [0.5, 0.6) is 0 Å². The van der Waals surface area contributed by atoms with Gasteiger partial charge < -0.3 is 24.4 Å². The molecule has 0 unspecified atom stereocenters. The summed E-state index contributed by atoms with van der Waals surface area (Å²) in [5.41, 5.74) is -4.94. The van der Waals surface area contributed by atoms with E-state index < -0.39 is 66.5 Å². The van der Waals surface area contributed by atoms with E-state index in [1.165, 1.54) is 0 Å². The number of H-pyrrole nitrogens is 1. The van der Waals surface area contributed by atoms with Gasteiger partial charge in [-0.25, -0.2) is 13.8 Å². The fraction of sp³-hybridized carbons (Fsp3) is 0.793. The summed E-state index contributed by atoms with van der Waals surface area (Å²) >= 11 is 2.21. The first-order valence-electron chi connectivity index (χ1n) is 15.6. The number of aromatic amines is 1. The van der Waals surface area contributed by atoms with E-state index in [1.54, 1.807) is 41.5 Å². The highest BCUT2D eigenvalue weighted by Gasteiger charge is 2.74. The van der Waals surface area contributed by atoms with Gasteiger partial charge in [0.1, 0.15) is 6.61 Å². The minimum absolute atomic E-state index is 0.0143. The zero-order chi connectivity index (χ0) is 37.6. The Morgan fingerprint density at radius 1 is 0.920 bits per heavy atom. The summed E-state index contributed by atoms with van der Waals surface area (Å²) in [7, 11) is -4.64. The predicted octanol–water partition coefficient (Wildman–Crippen LogP) is 2.30. The molecule has 2 aliphatic heterocycles. The molecule has 286 valence electrons. The molecule has 3 N–H and O–H groups in total. The molecular weight excluding hydrogens is 730 g/mol. The van der Waals surface area contributed by atoms with Crippen molar-refractivity contribution in [3.05, 3.63) is 33.1 Å². The molecule has 4 atom stereocenters. The highest BCUT2D eigenvalue weighted by atomic mass is 32.2. The van der Waals surface area contributed by atoms with Gasteiger partial charge in [-0.05, 0) is 6.92 Å². The van der Waals surface area contributed by atoms with Crippen LogP contribution in [0.2, 0.25) is 0 Å².